The van der Waals surface area contributed by atoms with Crippen molar-refractivity contribution in [2.45, 2.75) is 13.5 Å². The van der Waals surface area contributed by atoms with Crippen molar-refractivity contribution >= 4 is 22.9 Å². The molecular weight excluding hydrogens is 330 g/mol. The van der Waals surface area contributed by atoms with Crippen molar-refractivity contribution in [3.63, 3.8) is 0 Å². The number of azo groups is 1. The Morgan fingerprint density at radius 3 is 2.46 bits per heavy atom. The molecule has 0 spiro atoms. The van der Waals surface area contributed by atoms with Crippen molar-refractivity contribution in [2.75, 3.05) is 5.32 Å². The Bertz CT molecular complexity index is 924. The zero-order valence-electron chi connectivity index (χ0n) is 14.2. The van der Waals surface area contributed by atoms with Gasteiger partial charge < -0.3 is 5.32 Å². The fourth-order valence-electron chi connectivity index (χ4n) is 2.29. The number of aryl methyl sites for hydroxylation is 1. The van der Waals surface area contributed by atoms with Crippen LogP contribution >= 0.6 is 0 Å². The van der Waals surface area contributed by atoms with Gasteiger partial charge in [-0.2, -0.15) is 5.11 Å². The first kappa shape index (κ1) is 17.2. The van der Waals surface area contributed by atoms with Crippen molar-refractivity contribution in [1.29, 1.82) is 0 Å². The Morgan fingerprint density at radius 2 is 1.81 bits per heavy atom. The molecule has 0 aliphatic heterocycles. The molecular formula is C19H17N5O2. The van der Waals surface area contributed by atoms with Crippen LogP contribution in [-0.4, -0.2) is 9.91 Å². The minimum atomic E-state index is -0.448. The molecule has 130 valence electrons. The van der Waals surface area contributed by atoms with E-state index in [1.165, 1.54) is 17.7 Å². The maximum Gasteiger partial charge on any atom is 0.269 e. The van der Waals surface area contributed by atoms with Crippen molar-refractivity contribution in [3.05, 3.63) is 88.1 Å². The monoisotopic (exact) mass is 347 g/mol. The molecule has 0 amide bonds. The summed E-state index contributed by atoms with van der Waals surface area (Å²) in [6.45, 7) is 2.62. The van der Waals surface area contributed by atoms with Crippen LogP contribution in [0.1, 0.15) is 11.1 Å². The Hall–Kier alpha value is -3.61. The molecule has 0 bridgehead atoms. The highest BCUT2D eigenvalue weighted by molar-refractivity contribution is 5.51. The maximum atomic E-state index is 10.6. The smallest absolute Gasteiger partial charge is 0.269 e. The van der Waals surface area contributed by atoms with Gasteiger partial charge in [0.1, 0.15) is 11.5 Å². The molecule has 0 atom stereocenters. The number of non-ortho nitro benzene ring substituents is 1. The molecule has 1 N–H and O–H groups in total. The average molecular weight is 347 g/mol. The van der Waals surface area contributed by atoms with Gasteiger partial charge in [0.05, 0.1) is 16.8 Å². The van der Waals surface area contributed by atoms with Crippen LogP contribution in [0.15, 0.2) is 77.1 Å². The first-order chi connectivity index (χ1) is 12.6. The summed E-state index contributed by atoms with van der Waals surface area (Å²) < 4.78 is 0. The van der Waals surface area contributed by atoms with Crippen LogP contribution < -0.4 is 5.32 Å². The van der Waals surface area contributed by atoms with Crippen LogP contribution in [0.25, 0.3) is 0 Å². The van der Waals surface area contributed by atoms with Gasteiger partial charge in [0.15, 0.2) is 0 Å². The molecule has 0 radical (unpaired) electrons. The zero-order valence-corrected chi connectivity index (χ0v) is 14.2. The first-order valence-electron chi connectivity index (χ1n) is 8.02. The number of nitro benzene ring substituents is 1. The predicted octanol–water partition coefficient (Wildman–Crippen LogP) is 5.33. The number of nitrogens with zero attached hydrogens (tertiary/aromatic N) is 4. The summed E-state index contributed by atoms with van der Waals surface area (Å²) in [6, 6.07) is 17.9. The SMILES string of the molecule is Cc1cc(NCc2ccccc2)ncc1N=Nc1ccc([N+](=O)[O-])cc1. The van der Waals surface area contributed by atoms with Crippen molar-refractivity contribution in [3.8, 4) is 0 Å². The average Bonchev–Trinajstić information content (AvgIpc) is 2.67. The Morgan fingerprint density at radius 1 is 1.08 bits per heavy atom. The Kier molecular flexibility index (Phi) is 5.28. The van der Waals surface area contributed by atoms with Crippen LogP contribution in [0.3, 0.4) is 0 Å². The second-order valence-corrected chi connectivity index (χ2v) is 5.67. The lowest BCUT2D eigenvalue weighted by Crippen LogP contribution is -2.01. The lowest BCUT2D eigenvalue weighted by atomic mass is 10.2. The summed E-state index contributed by atoms with van der Waals surface area (Å²) in [5, 5.41) is 22.2. The van der Waals surface area contributed by atoms with E-state index in [9.17, 15) is 10.1 Å². The summed E-state index contributed by atoms with van der Waals surface area (Å²) >= 11 is 0. The van der Waals surface area contributed by atoms with E-state index in [4.69, 9.17) is 0 Å². The molecule has 3 aromatic rings. The van der Waals surface area contributed by atoms with E-state index in [-0.39, 0.29) is 5.69 Å². The predicted molar refractivity (Wildman–Crippen MR) is 100 cm³/mol. The molecule has 0 unspecified atom stereocenters. The zero-order chi connectivity index (χ0) is 18.4. The van der Waals surface area contributed by atoms with Crippen molar-refractivity contribution in [1.82, 2.24) is 4.98 Å². The van der Waals surface area contributed by atoms with E-state index in [1.807, 2.05) is 43.3 Å². The standard InChI is InChI=1S/C19H17N5O2/c1-14-11-19(20-12-15-5-3-2-4-6-15)21-13-18(14)23-22-16-7-9-17(10-8-16)24(25)26/h2-11,13H,12H2,1H3,(H,20,21). The number of aromatic nitrogens is 1. The van der Waals surface area contributed by atoms with Gasteiger partial charge in [0.2, 0.25) is 0 Å². The van der Waals surface area contributed by atoms with Gasteiger partial charge in [0.25, 0.3) is 5.69 Å². The summed E-state index contributed by atoms with van der Waals surface area (Å²) in [5.41, 5.74) is 3.32. The van der Waals surface area contributed by atoms with Crippen molar-refractivity contribution in [2.24, 2.45) is 10.2 Å². The number of hydrogen-bond donors (Lipinski definition) is 1. The molecule has 2 aromatic carbocycles. The minimum absolute atomic E-state index is 0.0237. The normalized spacial score (nSPS) is 10.8. The minimum Gasteiger partial charge on any atom is -0.366 e. The van der Waals surface area contributed by atoms with Crippen LogP contribution in [0, 0.1) is 17.0 Å². The molecule has 0 saturated heterocycles. The van der Waals surface area contributed by atoms with Crippen LogP contribution in [0.5, 0.6) is 0 Å². The Labute approximate surface area is 150 Å². The lowest BCUT2D eigenvalue weighted by Gasteiger charge is -2.07. The lowest BCUT2D eigenvalue weighted by molar-refractivity contribution is -0.384. The van der Waals surface area contributed by atoms with Gasteiger partial charge in [-0.15, -0.1) is 5.11 Å². The molecule has 7 nitrogen and oxygen atoms in total. The molecule has 1 heterocycles. The van der Waals surface area contributed by atoms with E-state index >= 15 is 0 Å². The van der Waals surface area contributed by atoms with Crippen LogP contribution in [0.2, 0.25) is 0 Å². The number of anilines is 1. The highest BCUT2D eigenvalue weighted by Crippen LogP contribution is 2.24. The third kappa shape index (κ3) is 4.47. The molecule has 26 heavy (non-hydrogen) atoms. The fraction of sp³-hybridized carbons (Fsp3) is 0.105. The highest BCUT2D eigenvalue weighted by Gasteiger charge is 2.04. The van der Waals surface area contributed by atoms with E-state index in [2.05, 4.69) is 20.5 Å². The summed E-state index contributed by atoms with van der Waals surface area (Å²) in [7, 11) is 0. The van der Waals surface area contributed by atoms with Gasteiger partial charge in [-0.05, 0) is 36.2 Å². The second kappa shape index (κ2) is 7.98. The van der Waals surface area contributed by atoms with Crippen LogP contribution in [-0.2, 0) is 6.54 Å². The molecule has 0 saturated carbocycles. The van der Waals surface area contributed by atoms with E-state index in [0.717, 1.165) is 11.4 Å². The van der Waals surface area contributed by atoms with Gasteiger partial charge >= 0.3 is 0 Å². The third-order valence-electron chi connectivity index (χ3n) is 3.73. The summed E-state index contributed by atoms with van der Waals surface area (Å²) in [4.78, 5) is 14.6. The quantitative estimate of drug-likeness (QED) is 0.371. The summed E-state index contributed by atoms with van der Waals surface area (Å²) in [5.74, 6) is 0.764. The molecule has 1 aromatic heterocycles. The largest absolute Gasteiger partial charge is 0.366 e. The molecule has 0 aliphatic rings. The molecule has 0 aliphatic carbocycles. The van der Waals surface area contributed by atoms with Gasteiger partial charge in [-0.25, -0.2) is 4.98 Å². The van der Waals surface area contributed by atoms with Gasteiger partial charge in [-0.1, -0.05) is 30.3 Å². The topological polar surface area (TPSA) is 92.8 Å². The van der Waals surface area contributed by atoms with Crippen LogP contribution in [0.4, 0.5) is 22.9 Å². The van der Waals surface area contributed by atoms with Gasteiger partial charge in [-0.3, -0.25) is 10.1 Å². The second-order valence-electron chi connectivity index (χ2n) is 5.67. The third-order valence-corrected chi connectivity index (χ3v) is 3.73. The number of nitro groups is 1. The van der Waals surface area contributed by atoms with E-state index in [0.29, 0.717) is 17.9 Å². The fourth-order valence-corrected chi connectivity index (χ4v) is 2.29. The van der Waals surface area contributed by atoms with E-state index in [1.54, 1.807) is 18.3 Å². The number of benzene rings is 2. The number of pyridine rings is 1. The van der Waals surface area contributed by atoms with Gasteiger partial charge in [0, 0.05) is 18.7 Å². The van der Waals surface area contributed by atoms with Crippen molar-refractivity contribution < 1.29 is 4.92 Å². The number of nitrogens with one attached hydrogen (secondary N) is 1. The Balaban J connectivity index is 1.66. The number of rotatable bonds is 6. The molecule has 0 fully saturated rings. The summed E-state index contributed by atoms with van der Waals surface area (Å²) in [6.07, 6.45) is 1.65. The highest BCUT2D eigenvalue weighted by atomic mass is 16.6. The number of hydrogen-bond acceptors (Lipinski definition) is 6. The molecule has 3 rings (SSSR count). The maximum absolute atomic E-state index is 10.6. The first-order valence-corrected chi connectivity index (χ1v) is 8.02. The molecule has 7 heteroatoms. The van der Waals surface area contributed by atoms with E-state index < -0.39 is 4.92 Å².